The van der Waals surface area contributed by atoms with Gasteiger partial charge in [-0.15, -0.1) is 12.6 Å². The van der Waals surface area contributed by atoms with Crippen molar-refractivity contribution in [2.24, 2.45) is 0 Å². The lowest BCUT2D eigenvalue weighted by atomic mass is 10.1. The average molecular weight is 368 g/mol. The Balaban J connectivity index is 1.94. The molecule has 0 radical (unpaired) electrons. The quantitative estimate of drug-likeness (QED) is 0.369. The van der Waals surface area contributed by atoms with E-state index in [1.165, 1.54) is 30.9 Å². The predicted octanol–water partition coefficient (Wildman–Crippen LogP) is 5.07. The molecule has 0 saturated carbocycles. The van der Waals surface area contributed by atoms with E-state index in [2.05, 4.69) is 37.0 Å². The number of unbranched alkanes of at least 4 members (excludes halogenated alkanes) is 2. The maximum atomic E-state index is 12.2. The second-order valence-corrected chi connectivity index (χ2v) is 6.75. The molecule has 136 valence electrons. The van der Waals surface area contributed by atoms with Crippen molar-refractivity contribution in [2.75, 3.05) is 5.32 Å². The van der Waals surface area contributed by atoms with Gasteiger partial charge in [0.1, 0.15) is 0 Å². The number of aryl methyl sites for hydroxylation is 1. The number of carbonyl (C=O) groups excluding carboxylic acids is 2. The second-order valence-electron chi connectivity index (χ2n) is 6.25. The summed E-state index contributed by atoms with van der Waals surface area (Å²) in [5, 5.41) is 2.59. The van der Waals surface area contributed by atoms with Gasteiger partial charge >= 0.3 is 0 Å². The van der Waals surface area contributed by atoms with Crippen LogP contribution in [0.3, 0.4) is 0 Å². The first kappa shape index (κ1) is 20.0. The molecule has 0 fully saturated rings. The highest BCUT2D eigenvalue weighted by Gasteiger charge is 2.06. The van der Waals surface area contributed by atoms with Crippen molar-refractivity contribution in [3.63, 3.8) is 0 Å². The van der Waals surface area contributed by atoms with E-state index in [9.17, 15) is 9.59 Å². The summed E-state index contributed by atoms with van der Waals surface area (Å²) in [6.07, 6.45) is 8.26. The summed E-state index contributed by atoms with van der Waals surface area (Å²) >= 11 is 3.81. The Morgan fingerprint density at radius 3 is 2.46 bits per heavy atom. The lowest BCUT2D eigenvalue weighted by Gasteiger charge is -2.08. The van der Waals surface area contributed by atoms with Crippen molar-refractivity contribution in [2.45, 2.75) is 39.0 Å². The molecule has 2 rings (SSSR count). The monoisotopic (exact) mass is 367 g/mol. The summed E-state index contributed by atoms with van der Waals surface area (Å²) < 4.78 is 0. The molecule has 3 nitrogen and oxygen atoms in total. The molecular weight excluding hydrogens is 342 g/mol. The maximum Gasteiger partial charge on any atom is 0.248 e. The van der Waals surface area contributed by atoms with Crippen LogP contribution in [0.15, 0.2) is 54.6 Å². The van der Waals surface area contributed by atoms with Crippen LogP contribution in [0.2, 0.25) is 0 Å². The summed E-state index contributed by atoms with van der Waals surface area (Å²) in [4.78, 5) is 23.4. The van der Waals surface area contributed by atoms with E-state index >= 15 is 0 Å². The number of hydrogen-bond acceptors (Lipinski definition) is 2. The normalized spacial score (nSPS) is 10.8. The van der Waals surface area contributed by atoms with Crippen molar-refractivity contribution in [1.29, 1.82) is 0 Å². The third kappa shape index (κ3) is 6.89. The van der Waals surface area contributed by atoms with Gasteiger partial charge in [-0.3, -0.25) is 9.59 Å². The molecule has 0 spiro atoms. The van der Waals surface area contributed by atoms with E-state index in [-0.39, 0.29) is 17.4 Å². The smallest absolute Gasteiger partial charge is 0.248 e. The molecule has 1 amide bonds. The lowest BCUT2D eigenvalue weighted by Crippen LogP contribution is -2.10. The van der Waals surface area contributed by atoms with Crippen molar-refractivity contribution in [3.05, 3.63) is 71.3 Å². The van der Waals surface area contributed by atoms with Crippen LogP contribution < -0.4 is 5.32 Å². The van der Waals surface area contributed by atoms with Crippen LogP contribution in [0.5, 0.6) is 0 Å². The van der Waals surface area contributed by atoms with Gasteiger partial charge in [0.2, 0.25) is 5.91 Å². The van der Waals surface area contributed by atoms with Crippen LogP contribution in [0, 0.1) is 0 Å². The first-order valence-corrected chi connectivity index (χ1v) is 9.41. The lowest BCUT2D eigenvalue weighted by molar-refractivity contribution is -0.112. The highest BCUT2D eigenvalue weighted by molar-refractivity contribution is 7.96. The Morgan fingerprint density at radius 1 is 1.04 bits per heavy atom. The van der Waals surface area contributed by atoms with E-state index in [0.717, 1.165) is 17.5 Å². The van der Waals surface area contributed by atoms with Crippen LogP contribution in [0.25, 0.3) is 6.08 Å². The Labute approximate surface area is 160 Å². The Hall–Kier alpha value is -2.33. The second kappa shape index (κ2) is 10.6. The Morgan fingerprint density at radius 2 is 1.77 bits per heavy atom. The highest BCUT2D eigenvalue weighted by atomic mass is 32.1. The molecular formula is C22H25NO2S. The summed E-state index contributed by atoms with van der Waals surface area (Å²) in [5.41, 5.74) is 3.70. The van der Waals surface area contributed by atoms with Crippen LogP contribution in [0.1, 0.15) is 42.9 Å². The number of para-hydroxylation sites is 1. The fraction of sp³-hybridized carbons (Fsp3) is 0.273. The van der Waals surface area contributed by atoms with E-state index in [0.29, 0.717) is 5.69 Å². The van der Waals surface area contributed by atoms with Crippen molar-refractivity contribution in [3.8, 4) is 0 Å². The zero-order chi connectivity index (χ0) is 18.8. The van der Waals surface area contributed by atoms with Gasteiger partial charge in [-0.25, -0.2) is 0 Å². The fourth-order valence-electron chi connectivity index (χ4n) is 2.68. The zero-order valence-electron chi connectivity index (χ0n) is 15.1. The van der Waals surface area contributed by atoms with Gasteiger partial charge in [0, 0.05) is 18.2 Å². The SMILES string of the molecule is CCCCCc1ccc(/C=C/C(=O)Nc2ccccc2CC(=O)S)cc1. The zero-order valence-corrected chi connectivity index (χ0v) is 16.0. The summed E-state index contributed by atoms with van der Waals surface area (Å²) in [5.74, 6) is -0.226. The van der Waals surface area contributed by atoms with Crippen LogP contribution in [-0.4, -0.2) is 11.0 Å². The van der Waals surface area contributed by atoms with Crippen molar-refractivity contribution < 1.29 is 9.59 Å². The number of carbonyl (C=O) groups is 2. The third-order valence-corrected chi connectivity index (χ3v) is 4.25. The molecule has 0 unspecified atom stereocenters. The van der Waals surface area contributed by atoms with Crippen molar-refractivity contribution in [1.82, 2.24) is 0 Å². The van der Waals surface area contributed by atoms with Crippen LogP contribution >= 0.6 is 12.6 Å². The molecule has 0 heterocycles. The van der Waals surface area contributed by atoms with Crippen LogP contribution in [-0.2, 0) is 22.4 Å². The fourth-order valence-corrected chi connectivity index (χ4v) is 2.85. The maximum absolute atomic E-state index is 12.2. The number of anilines is 1. The number of hydrogen-bond donors (Lipinski definition) is 2. The molecule has 0 aliphatic heterocycles. The van der Waals surface area contributed by atoms with E-state index in [1.807, 2.05) is 30.3 Å². The molecule has 0 aliphatic carbocycles. The van der Waals surface area contributed by atoms with Crippen molar-refractivity contribution >= 4 is 35.4 Å². The van der Waals surface area contributed by atoms with E-state index in [1.54, 1.807) is 12.1 Å². The average Bonchev–Trinajstić information content (AvgIpc) is 2.62. The summed E-state index contributed by atoms with van der Waals surface area (Å²) in [7, 11) is 0. The largest absolute Gasteiger partial charge is 0.322 e. The molecule has 26 heavy (non-hydrogen) atoms. The molecule has 1 N–H and O–H groups in total. The molecule has 2 aromatic rings. The standard InChI is InChI=1S/C22H25NO2S/c1-2-3-4-7-17-10-12-18(13-11-17)14-15-21(24)23-20-9-6-5-8-19(20)16-22(25)26/h5-6,8-15H,2-4,7,16H2,1H3,(H,23,24)(H,25,26)/b15-14+. The van der Waals surface area contributed by atoms with Gasteiger partial charge in [-0.1, -0.05) is 62.2 Å². The highest BCUT2D eigenvalue weighted by Crippen LogP contribution is 2.17. The Kier molecular flexibility index (Phi) is 8.16. The van der Waals surface area contributed by atoms with Gasteiger partial charge in [0.25, 0.3) is 0 Å². The predicted molar refractivity (Wildman–Crippen MR) is 111 cm³/mol. The minimum Gasteiger partial charge on any atom is -0.322 e. The summed E-state index contributed by atoms with van der Waals surface area (Å²) in [6.45, 7) is 2.20. The summed E-state index contributed by atoms with van der Waals surface area (Å²) in [6, 6.07) is 15.5. The van der Waals surface area contributed by atoms with Gasteiger partial charge in [0.15, 0.2) is 5.12 Å². The molecule has 4 heteroatoms. The molecule has 2 aromatic carbocycles. The molecule has 0 aliphatic rings. The third-order valence-electron chi connectivity index (χ3n) is 4.09. The molecule has 0 atom stereocenters. The number of benzene rings is 2. The van der Waals surface area contributed by atoms with Crippen LogP contribution in [0.4, 0.5) is 5.69 Å². The number of amides is 1. The van der Waals surface area contributed by atoms with Gasteiger partial charge in [0.05, 0.1) is 0 Å². The molecule has 0 aromatic heterocycles. The number of nitrogens with one attached hydrogen (secondary N) is 1. The minimum atomic E-state index is -0.235. The van der Waals surface area contributed by atoms with E-state index < -0.39 is 0 Å². The van der Waals surface area contributed by atoms with Gasteiger partial charge in [-0.2, -0.15) is 0 Å². The molecule has 0 saturated heterocycles. The topological polar surface area (TPSA) is 46.2 Å². The van der Waals surface area contributed by atoms with Gasteiger partial charge in [-0.05, 0) is 41.7 Å². The minimum absolute atomic E-state index is 0.183. The first-order valence-electron chi connectivity index (χ1n) is 8.96. The Bertz CT molecular complexity index is 766. The van der Waals surface area contributed by atoms with E-state index in [4.69, 9.17) is 0 Å². The number of thiol groups is 1. The first-order chi connectivity index (χ1) is 12.6. The number of rotatable bonds is 9. The van der Waals surface area contributed by atoms with Gasteiger partial charge < -0.3 is 5.32 Å². The molecule has 0 bridgehead atoms.